The number of rotatable bonds is 4. The van der Waals surface area contributed by atoms with Gasteiger partial charge in [-0.05, 0) is 71.0 Å². The minimum absolute atomic E-state index is 0.276. The van der Waals surface area contributed by atoms with Gasteiger partial charge >= 0.3 is 0 Å². The molecule has 1 aromatic rings. The fraction of sp³-hybridized carbons (Fsp3) is 0.750. The highest BCUT2D eigenvalue weighted by molar-refractivity contribution is 7.80. The Balaban J connectivity index is 1.88. The first kappa shape index (κ1) is 20.1. The molecule has 27 heavy (non-hydrogen) atoms. The average molecular weight is 391 g/mol. The first-order valence-corrected chi connectivity index (χ1v) is 10.8. The monoisotopic (exact) mass is 390 g/mol. The topological polar surface area (TPSA) is 56.3 Å². The van der Waals surface area contributed by atoms with E-state index in [1.54, 1.807) is 0 Å². The Morgan fingerprint density at radius 3 is 2.59 bits per heavy atom. The van der Waals surface area contributed by atoms with Crippen LogP contribution in [0.1, 0.15) is 59.8 Å². The standard InChI is InChI=1S/C20H34N6S/c1-14(2)21-20(27)24-19-22-17(25-10-7-8-15(3)13-25)12-18(23-19)26-11-6-5-9-16(26)4/h12,14-16H,5-11,13H2,1-4H3,(H2,21,22,23,24,27). The lowest BCUT2D eigenvalue weighted by atomic mass is 10.0. The van der Waals surface area contributed by atoms with Gasteiger partial charge < -0.3 is 20.4 Å². The van der Waals surface area contributed by atoms with Gasteiger partial charge in [0.15, 0.2) is 5.11 Å². The van der Waals surface area contributed by atoms with Gasteiger partial charge in [-0.15, -0.1) is 0 Å². The Morgan fingerprint density at radius 1 is 1.11 bits per heavy atom. The van der Waals surface area contributed by atoms with Crippen LogP contribution in [-0.2, 0) is 0 Å². The Bertz CT molecular complexity index is 649. The minimum atomic E-state index is 0.276. The minimum Gasteiger partial charge on any atom is -0.360 e. The molecule has 0 bridgehead atoms. The number of nitrogens with one attached hydrogen (secondary N) is 2. The molecule has 0 amide bonds. The molecule has 2 unspecified atom stereocenters. The number of thiocarbonyl (C=S) groups is 1. The summed E-state index contributed by atoms with van der Waals surface area (Å²) < 4.78 is 0. The molecule has 2 N–H and O–H groups in total. The molecule has 150 valence electrons. The van der Waals surface area contributed by atoms with E-state index in [0.29, 0.717) is 23.0 Å². The van der Waals surface area contributed by atoms with Gasteiger partial charge in [-0.1, -0.05) is 6.92 Å². The van der Waals surface area contributed by atoms with Crippen LogP contribution in [0.5, 0.6) is 0 Å². The normalized spacial score (nSPS) is 23.4. The molecule has 3 heterocycles. The van der Waals surface area contributed by atoms with Crippen LogP contribution >= 0.6 is 12.2 Å². The van der Waals surface area contributed by atoms with Crippen LogP contribution in [0, 0.1) is 5.92 Å². The van der Waals surface area contributed by atoms with Gasteiger partial charge in [0.05, 0.1) is 0 Å². The second kappa shape index (κ2) is 9.04. The zero-order valence-corrected chi connectivity index (χ0v) is 18.0. The molecule has 2 atom stereocenters. The summed E-state index contributed by atoms with van der Waals surface area (Å²) in [6.45, 7) is 11.9. The summed E-state index contributed by atoms with van der Waals surface area (Å²) in [7, 11) is 0. The highest BCUT2D eigenvalue weighted by atomic mass is 32.1. The zero-order chi connectivity index (χ0) is 19.4. The van der Waals surface area contributed by atoms with E-state index < -0.39 is 0 Å². The number of anilines is 3. The predicted molar refractivity (Wildman–Crippen MR) is 118 cm³/mol. The van der Waals surface area contributed by atoms with Crippen molar-refractivity contribution in [2.45, 2.75) is 71.9 Å². The fourth-order valence-electron chi connectivity index (χ4n) is 4.02. The molecule has 0 aliphatic carbocycles. The van der Waals surface area contributed by atoms with Crippen LogP contribution in [0.25, 0.3) is 0 Å². The van der Waals surface area contributed by atoms with Crippen molar-refractivity contribution in [2.24, 2.45) is 5.92 Å². The van der Waals surface area contributed by atoms with E-state index in [1.165, 1.54) is 32.1 Å². The largest absolute Gasteiger partial charge is 0.360 e. The fourth-order valence-corrected chi connectivity index (χ4v) is 4.35. The SMILES string of the molecule is CC1CCCN(c2cc(N3CCCCC3C)nc(NC(=S)NC(C)C)n2)C1. The van der Waals surface area contributed by atoms with Gasteiger partial charge in [0.1, 0.15) is 11.6 Å². The van der Waals surface area contributed by atoms with Crippen molar-refractivity contribution in [3.05, 3.63) is 6.07 Å². The highest BCUT2D eigenvalue weighted by Crippen LogP contribution is 2.29. The summed E-state index contributed by atoms with van der Waals surface area (Å²) in [5.74, 6) is 3.32. The van der Waals surface area contributed by atoms with Gasteiger partial charge in [0.2, 0.25) is 5.95 Å². The third kappa shape index (κ3) is 5.43. The number of nitrogens with zero attached hydrogens (tertiary/aromatic N) is 4. The second-order valence-corrected chi connectivity index (χ2v) is 8.80. The summed E-state index contributed by atoms with van der Waals surface area (Å²) in [4.78, 5) is 14.4. The van der Waals surface area contributed by atoms with Gasteiger partial charge in [-0.2, -0.15) is 9.97 Å². The maximum atomic E-state index is 5.42. The predicted octanol–water partition coefficient (Wildman–Crippen LogP) is 3.79. The van der Waals surface area contributed by atoms with Crippen LogP contribution in [-0.4, -0.2) is 46.8 Å². The van der Waals surface area contributed by atoms with E-state index in [1.807, 2.05) is 0 Å². The Labute approximate surface area is 169 Å². The van der Waals surface area contributed by atoms with Crippen LogP contribution in [0.15, 0.2) is 6.07 Å². The highest BCUT2D eigenvalue weighted by Gasteiger charge is 2.24. The van der Waals surface area contributed by atoms with E-state index in [9.17, 15) is 0 Å². The van der Waals surface area contributed by atoms with Crippen molar-refractivity contribution >= 4 is 34.9 Å². The van der Waals surface area contributed by atoms with Gasteiger partial charge in [-0.25, -0.2) is 0 Å². The lowest BCUT2D eigenvalue weighted by Crippen LogP contribution is -2.39. The van der Waals surface area contributed by atoms with Crippen molar-refractivity contribution in [3.8, 4) is 0 Å². The smallest absolute Gasteiger partial charge is 0.232 e. The molecule has 0 radical (unpaired) electrons. The van der Waals surface area contributed by atoms with E-state index >= 15 is 0 Å². The quantitative estimate of drug-likeness (QED) is 0.759. The Kier molecular flexibility index (Phi) is 6.73. The molecule has 2 aliphatic heterocycles. The molecule has 3 rings (SSSR count). The molecule has 2 aliphatic rings. The van der Waals surface area contributed by atoms with Crippen molar-refractivity contribution in [2.75, 3.05) is 34.8 Å². The van der Waals surface area contributed by atoms with Crippen molar-refractivity contribution in [3.63, 3.8) is 0 Å². The second-order valence-electron chi connectivity index (χ2n) is 8.39. The Morgan fingerprint density at radius 2 is 1.89 bits per heavy atom. The van der Waals surface area contributed by atoms with E-state index in [-0.39, 0.29) is 6.04 Å². The van der Waals surface area contributed by atoms with Crippen LogP contribution in [0.3, 0.4) is 0 Å². The molecular weight excluding hydrogens is 356 g/mol. The van der Waals surface area contributed by atoms with Gasteiger partial charge in [0.25, 0.3) is 0 Å². The molecule has 0 saturated carbocycles. The number of aromatic nitrogens is 2. The maximum Gasteiger partial charge on any atom is 0.232 e. The summed E-state index contributed by atoms with van der Waals surface area (Å²) in [5.41, 5.74) is 0. The number of hydrogen-bond acceptors (Lipinski definition) is 5. The van der Waals surface area contributed by atoms with E-state index in [0.717, 1.165) is 31.3 Å². The molecule has 0 spiro atoms. The van der Waals surface area contributed by atoms with Crippen molar-refractivity contribution in [1.29, 1.82) is 0 Å². The molecule has 1 aromatic heterocycles. The molecule has 0 aromatic carbocycles. The summed E-state index contributed by atoms with van der Waals surface area (Å²) in [6, 6.07) is 2.96. The Hall–Kier alpha value is -1.63. The molecule has 7 heteroatoms. The first-order valence-electron chi connectivity index (χ1n) is 10.4. The number of piperidine rings is 2. The summed E-state index contributed by atoms with van der Waals surface area (Å²) in [5, 5.41) is 7.00. The third-order valence-corrected chi connectivity index (χ3v) is 5.64. The molecule has 2 fully saturated rings. The lowest BCUT2D eigenvalue weighted by molar-refractivity contribution is 0.444. The average Bonchev–Trinajstić information content (AvgIpc) is 2.61. The molecule has 6 nitrogen and oxygen atoms in total. The van der Waals surface area contributed by atoms with Crippen LogP contribution in [0.4, 0.5) is 17.6 Å². The van der Waals surface area contributed by atoms with E-state index in [4.69, 9.17) is 22.2 Å². The van der Waals surface area contributed by atoms with Crippen molar-refractivity contribution in [1.82, 2.24) is 15.3 Å². The number of hydrogen-bond donors (Lipinski definition) is 2. The van der Waals surface area contributed by atoms with Gasteiger partial charge in [-0.3, -0.25) is 0 Å². The first-order chi connectivity index (χ1) is 12.9. The molecular formula is C20H34N6S. The molecule has 2 saturated heterocycles. The zero-order valence-electron chi connectivity index (χ0n) is 17.2. The summed E-state index contributed by atoms with van der Waals surface area (Å²) >= 11 is 5.42. The summed E-state index contributed by atoms with van der Waals surface area (Å²) in [6.07, 6.45) is 6.26. The van der Waals surface area contributed by atoms with Crippen LogP contribution in [0.2, 0.25) is 0 Å². The van der Waals surface area contributed by atoms with E-state index in [2.05, 4.69) is 54.2 Å². The van der Waals surface area contributed by atoms with Crippen molar-refractivity contribution < 1.29 is 0 Å². The third-order valence-electron chi connectivity index (χ3n) is 5.42. The lowest BCUT2D eigenvalue weighted by Gasteiger charge is -2.36. The van der Waals surface area contributed by atoms with Gasteiger partial charge in [0, 0.05) is 37.8 Å². The van der Waals surface area contributed by atoms with Crippen LogP contribution < -0.4 is 20.4 Å². The maximum absolute atomic E-state index is 5.42.